The number of carbonyl (C=O) groups excluding carboxylic acids is 1. The normalized spacial score (nSPS) is 12.8. The molecule has 3 N–H and O–H groups in total. The number of aromatic nitrogens is 1. The molecule has 116 valence electrons. The average Bonchev–Trinajstić information content (AvgIpc) is 2.48. The van der Waals surface area contributed by atoms with Crippen molar-refractivity contribution >= 4 is 27.5 Å². The smallest absolute Gasteiger partial charge is 0.243 e. The number of nitrogens with zero attached hydrogens (tertiary/aromatic N) is 1. The predicted molar refractivity (Wildman–Crippen MR) is 82.7 cm³/mol. The number of hydrogen-bond acceptors (Lipinski definition) is 4. The maximum absolute atomic E-state index is 12.4. The highest BCUT2D eigenvalue weighted by atomic mass is 35.5. The van der Waals surface area contributed by atoms with Gasteiger partial charge in [0, 0.05) is 6.20 Å². The fourth-order valence-corrected chi connectivity index (χ4v) is 3.16. The van der Waals surface area contributed by atoms with E-state index in [1.165, 1.54) is 6.07 Å². The van der Waals surface area contributed by atoms with Crippen LogP contribution in [-0.2, 0) is 14.8 Å². The van der Waals surface area contributed by atoms with E-state index >= 15 is 0 Å². The number of sulfonamides is 1. The van der Waals surface area contributed by atoms with Gasteiger partial charge in [0.25, 0.3) is 0 Å². The van der Waals surface area contributed by atoms with Gasteiger partial charge < -0.3 is 5.73 Å². The molecule has 0 aliphatic rings. The van der Waals surface area contributed by atoms with Crippen molar-refractivity contribution in [2.45, 2.75) is 17.9 Å². The molecule has 1 aromatic carbocycles. The van der Waals surface area contributed by atoms with Gasteiger partial charge in [-0.05, 0) is 24.1 Å². The van der Waals surface area contributed by atoms with E-state index in [1.54, 1.807) is 37.3 Å². The summed E-state index contributed by atoms with van der Waals surface area (Å²) in [6.45, 7) is 1.64. The lowest BCUT2D eigenvalue weighted by Crippen LogP contribution is -2.37. The molecule has 1 atom stereocenters. The maximum Gasteiger partial charge on any atom is 0.243 e. The molecule has 1 amide bonds. The van der Waals surface area contributed by atoms with Crippen molar-refractivity contribution in [3.8, 4) is 0 Å². The van der Waals surface area contributed by atoms with Crippen LogP contribution in [0.2, 0.25) is 5.15 Å². The first-order valence-corrected chi connectivity index (χ1v) is 8.16. The van der Waals surface area contributed by atoms with Crippen LogP contribution < -0.4 is 10.5 Å². The largest absolute Gasteiger partial charge is 0.368 e. The zero-order valence-electron chi connectivity index (χ0n) is 11.7. The molecule has 0 aliphatic heterocycles. The lowest BCUT2D eigenvalue weighted by molar-refractivity contribution is -0.119. The maximum atomic E-state index is 12.4. The van der Waals surface area contributed by atoms with E-state index in [9.17, 15) is 13.2 Å². The molecular weight excluding hydrogens is 326 g/mol. The topological polar surface area (TPSA) is 102 Å². The van der Waals surface area contributed by atoms with Crippen LogP contribution in [0, 0.1) is 6.92 Å². The van der Waals surface area contributed by atoms with Crippen molar-refractivity contribution in [1.82, 2.24) is 9.71 Å². The van der Waals surface area contributed by atoms with Crippen LogP contribution in [0.15, 0.2) is 47.5 Å². The van der Waals surface area contributed by atoms with Crippen molar-refractivity contribution in [2.75, 3.05) is 0 Å². The van der Waals surface area contributed by atoms with Crippen molar-refractivity contribution in [3.63, 3.8) is 0 Å². The molecule has 2 aromatic rings. The molecule has 0 bridgehead atoms. The van der Waals surface area contributed by atoms with E-state index in [0.717, 1.165) is 6.20 Å². The van der Waals surface area contributed by atoms with Gasteiger partial charge in [-0.2, -0.15) is 4.72 Å². The van der Waals surface area contributed by atoms with Gasteiger partial charge in [-0.25, -0.2) is 13.4 Å². The van der Waals surface area contributed by atoms with Crippen LogP contribution >= 0.6 is 11.6 Å². The minimum absolute atomic E-state index is 0.0865. The molecule has 0 unspecified atom stereocenters. The first-order chi connectivity index (χ1) is 10.3. The fraction of sp³-hybridized carbons (Fsp3) is 0.143. The number of carbonyl (C=O) groups is 1. The summed E-state index contributed by atoms with van der Waals surface area (Å²) in [5.41, 5.74) is 6.27. The lowest BCUT2D eigenvalue weighted by atomic mass is 10.1. The van der Waals surface area contributed by atoms with E-state index < -0.39 is 22.0 Å². The Bertz CT molecular complexity index is 794. The van der Waals surface area contributed by atoms with E-state index in [0.29, 0.717) is 11.1 Å². The van der Waals surface area contributed by atoms with Crippen molar-refractivity contribution in [3.05, 3.63) is 58.9 Å². The lowest BCUT2D eigenvalue weighted by Gasteiger charge is -2.16. The molecule has 2 rings (SSSR count). The Morgan fingerprint density at radius 2 is 1.95 bits per heavy atom. The molecule has 0 fully saturated rings. The van der Waals surface area contributed by atoms with Gasteiger partial charge in [-0.1, -0.05) is 41.9 Å². The SMILES string of the molecule is Cc1cc(S(=O)(=O)N[C@H](C(N)=O)c2ccccc2)cnc1Cl. The van der Waals surface area contributed by atoms with Crippen LogP contribution in [0.1, 0.15) is 17.2 Å². The molecule has 0 saturated heterocycles. The number of pyridine rings is 1. The van der Waals surface area contributed by atoms with E-state index in [-0.39, 0.29) is 10.0 Å². The van der Waals surface area contributed by atoms with Crippen LogP contribution in [0.3, 0.4) is 0 Å². The van der Waals surface area contributed by atoms with Crippen LogP contribution in [0.4, 0.5) is 0 Å². The van der Waals surface area contributed by atoms with Gasteiger partial charge in [0.15, 0.2) is 0 Å². The van der Waals surface area contributed by atoms with Gasteiger partial charge in [-0.3, -0.25) is 4.79 Å². The first kappa shape index (κ1) is 16.4. The second kappa shape index (κ2) is 6.43. The van der Waals surface area contributed by atoms with Crippen molar-refractivity contribution < 1.29 is 13.2 Å². The van der Waals surface area contributed by atoms with Gasteiger partial charge >= 0.3 is 0 Å². The number of nitrogens with two attached hydrogens (primary N) is 1. The van der Waals surface area contributed by atoms with Gasteiger partial charge in [0.2, 0.25) is 15.9 Å². The molecule has 0 saturated carbocycles. The van der Waals surface area contributed by atoms with Gasteiger partial charge in [-0.15, -0.1) is 0 Å². The zero-order valence-corrected chi connectivity index (χ0v) is 13.2. The third kappa shape index (κ3) is 3.62. The van der Waals surface area contributed by atoms with Gasteiger partial charge in [0.1, 0.15) is 16.1 Å². The van der Waals surface area contributed by atoms with E-state index in [1.807, 2.05) is 0 Å². The summed E-state index contributed by atoms with van der Waals surface area (Å²) < 4.78 is 27.1. The number of primary amides is 1. The molecule has 0 aliphatic carbocycles. The summed E-state index contributed by atoms with van der Waals surface area (Å²) in [6, 6.07) is 8.57. The molecule has 0 spiro atoms. The summed E-state index contributed by atoms with van der Waals surface area (Å²) >= 11 is 5.78. The second-order valence-corrected chi connectivity index (χ2v) is 6.72. The number of amides is 1. The molecule has 6 nitrogen and oxygen atoms in total. The second-order valence-electron chi connectivity index (χ2n) is 4.65. The zero-order chi connectivity index (χ0) is 16.3. The Labute approximate surface area is 133 Å². The Morgan fingerprint density at radius 3 is 2.50 bits per heavy atom. The number of rotatable bonds is 5. The van der Waals surface area contributed by atoms with Crippen molar-refractivity contribution in [2.24, 2.45) is 5.73 Å². The summed E-state index contributed by atoms with van der Waals surface area (Å²) in [5, 5.41) is 0.216. The fourth-order valence-electron chi connectivity index (χ4n) is 1.84. The molecular formula is C14H14ClN3O3S. The van der Waals surface area contributed by atoms with Crippen molar-refractivity contribution in [1.29, 1.82) is 0 Å². The average molecular weight is 340 g/mol. The molecule has 8 heteroatoms. The number of aryl methyl sites for hydroxylation is 1. The first-order valence-electron chi connectivity index (χ1n) is 6.30. The summed E-state index contributed by atoms with van der Waals surface area (Å²) in [4.78, 5) is 15.3. The Hall–Kier alpha value is -1.96. The number of nitrogens with one attached hydrogen (secondary N) is 1. The van der Waals surface area contributed by atoms with Crippen LogP contribution in [0.25, 0.3) is 0 Å². The highest BCUT2D eigenvalue weighted by Crippen LogP contribution is 2.19. The van der Waals surface area contributed by atoms with Gasteiger partial charge in [0.05, 0.1) is 0 Å². The van der Waals surface area contributed by atoms with E-state index in [2.05, 4.69) is 9.71 Å². The summed E-state index contributed by atoms with van der Waals surface area (Å²) in [5.74, 6) is -0.798. The highest BCUT2D eigenvalue weighted by Gasteiger charge is 2.26. The minimum Gasteiger partial charge on any atom is -0.368 e. The Morgan fingerprint density at radius 1 is 1.32 bits per heavy atom. The minimum atomic E-state index is -3.96. The summed E-state index contributed by atoms with van der Waals surface area (Å²) in [7, 11) is -3.96. The number of halogens is 1. The standard InChI is InChI=1S/C14H14ClN3O3S/c1-9-7-11(8-17-13(9)15)22(20,21)18-12(14(16)19)10-5-3-2-4-6-10/h2-8,12,18H,1H3,(H2,16,19)/t12-/m0/s1. The molecule has 1 heterocycles. The quantitative estimate of drug-likeness (QED) is 0.807. The monoisotopic (exact) mass is 339 g/mol. The molecule has 22 heavy (non-hydrogen) atoms. The highest BCUT2D eigenvalue weighted by molar-refractivity contribution is 7.89. The Balaban J connectivity index is 2.36. The molecule has 1 aromatic heterocycles. The third-order valence-electron chi connectivity index (χ3n) is 2.99. The van der Waals surface area contributed by atoms with Crippen LogP contribution in [-0.4, -0.2) is 19.3 Å². The summed E-state index contributed by atoms with van der Waals surface area (Å²) in [6.07, 6.45) is 1.13. The predicted octanol–water partition coefficient (Wildman–Crippen LogP) is 1.55. The van der Waals surface area contributed by atoms with Crippen LogP contribution in [0.5, 0.6) is 0 Å². The molecule has 0 radical (unpaired) electrons. The Kier molecular flexibility index (Phi) is 4.80. The van der Waals surface area contributed by atoms with E-state index in [4.69, 9.17) is 17.3 Å². The third-order valence-corrected chi connectivity index (χ3v) is 4.78. The number of hydrogen-bond donors (Lipinski definition) is 2. The number of benzene rings is 1.